The average molecular weight is 221 g/mol. The minimum absolute atomic E-state index is 0.0193. The van der Waals surface area contributed by atoms with Gasteiger partial charge >= 0.3 is 6.18 Å². The van der Waals surface area contributed by atoms with Crippen LogP contribution in [0.4, 0.5) is 13.2 Å². The third-order valence-corrected chi connectivity index (χ3v) is 1.85. The summed E-state index contributed by atoms with van der Waals surface area (Å²) in [5.74, 6) is 0. The Balaban J connectivity index is 3.15. The highest BCUT2D eigenvalue weighted by atomic mass is 19.4. The quantitative estimate of drug-likeness (QED) is 0.788. The van der Waals surface area contributed by atoms with Gasteiger partial charge < -0.3 is 10.7 Å². The van der Waals surface area contributed by atoms with Crippen molar-refractivity contribution in [2.75, 3.05) is 6.54 Å². The summed E-state index contributed by atoms with van der Waals surface area (Å²) < 4.78 is 37.2. The Labute approximate surface area is 83.3 Å². The standard InChI is InChI=1S/C8H10F3N3O/c9-8(10,11)6-5(2-1-3-12)7(15)14-4-13-6/h4H,1-3,12H2,(H,13,14,15). The van der Waals surface area contributed by atoms with E-state index < -0.39 is 17.4 Å². The molecule has 1 aromatic heterocycles. The second-order valence-corrected chi connectivity index (χ2v) is 2.95. The number of nitrogens with two attached hydrogens (primary N) is 1. The Bertz CT molecular complexity index is 385. The lowest BCUT2D eigenvalue weighted by molar-refractivity contribution is -0.142. The van der Waals surface area contributed by atoms with Crippen LogP contribution in [0, 0.1) is 0 Å². The van der Waals surface area contributed by atoms with Crippen LogP contribution in [-0.4, -0.2) is 16.5 Å². The van der Waals surface area contributed by atoms with Gasteiger partial charge in [0.15, 0.2) is 5.69 Å². The monoisotopic (exact) mass is 221 g/mol. The number of nitrogens with one attached hydrogen (secondary N) is 1. The molecule has 0 aromatic carbocycles. The van der Waals surface area contributed by atoms with Crippen molar-refractivity contribution in [3.63, 3.8) is 0 Å². The molecule has 0 atom stereocenters. The Kier molecular flexibility index (Phi) is 3.46. The molecule has 0 fully saturated rings. The maximum Gasteiger partial charge on any atom is 0.433 e. The van der Waals surface area contributed by atoms with Crippen LogP contribution in [0.25, 0.3) is 0 Å². The summed E-state index contributed by atoms with van der Waals surface area (Å²) >= 11 is 0. The molecule has 0 unspecified atom stereocenters. The molecule has 0 aliphatic rings. The third kappa shape index (κ3) is 2.79. The van der Waals surface area contributed by atoms with Gasteiger partial charge in [-0.15, -0.1) is 0 Å². The number of halogens is 3. The van der Waals surface area contributed by atoms with E-state index in [2.05, 4.69) is 9.97 Å². The zero-order chi connectivity index (χ0) is 11.5. The van der Waals surface area contributed by atoms with Crippen molar-refractivity contribution in [3.8, 4) is 0 Å². The molecule has 3 N–H and O–H groups in total. The van der Waals surface area contributed by atoms with E-state index in [1.807, 2.05) is 0 Å². The highest BCUT2D eigenvalue weighted by Crippen LogP contribution is 2.28. The fourth-order valence-corrected chi connectivity index (χ4v) is 1.18. The summed E-state index contributed by atoms with van der Waals surface area (Å²) in [5.41, 5.74) is 2.94. The third-order valence-electron chi connectivity index (χ3n) is 1.85. The first kappa shape index (κ1) is 11.7. The molecule has 0 spiro atoms. The van der Waals surface area contributed by atoms with E-state index in [0.29, 0.717) is 6.42 Å². The van der Waals surface area contributed by atoms with Crippen molar-refractivity contribution in [1.29, 1.82) is 0 Å². The minimum atomic E-state index is -4.60. The molecule has 1 heterocycles. The van der Waals surface area contributed by atoms with Crippen LogP contribution in [0.3, 0.4) is 0 Å². The van der Waals surface area contributed by atoms with Gasteiger partial charge in [-0.05, 0) is 19.4 Å². The normalized spacial score (nSPS) is 11.7. The number of hydrogen-bond acceptors (Lipinski definition) is 3. The van der Waals surface area contributed by atoms with Crippen LogP contribution in [0.2, 0.25) is 0 Å². The first-order chi connectivity index (χ1) is 6.96. The number of alkyl halides is 3. The highest BCUT2D eigenvalue weighted by molar-refractivity contribution is 5.19. The highest BCUT2D eigenvalue weighted by Gasteiger charge is 2.36. The van der Waals surface area contributed by atoms with Crippen LogP contribution in [0.1, 0.15) is 17.7 Å². The second kappa shape index (κ2) is 4.43. The summed E-state index contributed by atoms with van der Waals surface area (Å²) in [7, 11) is 0. The summed E-state index contributed by atoms with van der Waals surface area (Å²) in [4.78, 5) is 16.4. The molecular weight excluding hydrogens is 211 g/mol. The van der Waals surface area contributed by atoms with Crippen molar-refractivity contribution in [2.45, 2.75) is 19.0 Å². The predicted molar refractivity (Wildman–Crippen MR) is 47.2 cm³/mol. The van der Waals surface area contributed by atoms with Crippen LogP contribution in [0.15, 0.2) is 11.1 Å². The topological polar surface area (TPSA) is 71.8 Å². The van der Waals surface area contributed by atoms with Crippen LogP contribution in [-0.2, 0) is 12.6 Å². The molecule has 0 saturated heterocycles. The van der Waals surface area contributed by atoms with E-state index in [9.17, 15) is 18.0 Å². The summed E-state index contributed by atoms with van der Waals surface area (Å²) in [6, 6.07) is 0. The first-order valence-corrected chi connectivity index (χ1v) is 4.30. The number of aromatic amines is 1. The Hall–Kier alpha value is -1.37. The molecule has 1 aromatic rings. The van der Waals surface area contributed by atoms with Gasteiger partial charge in [-0.2, -0.15) is 13.2 Å². The van der Waals surface area contributed by atoms with Gasteiger partial charge in [0, 0.05) is 5.56 Å². The van der Waals surface area contributed by atoms with E-state index >= 15 is 0 Å². The van der Waals surface area contributed by atoms with E-state index in [0.717, 1.165) is 6.33 Å². The van der Waals surface area contributed by atoms with E-state index in [1.165, 1.54) is 0 Å². The van der Waals surface area contributed by atoms with E-state index in [4.69, 9.17) is 5.73 Å². The molecule has 0 bridgehead atoms. The summed E-state index contributed by atoms with van der Waals surface area (Å²) in [6.07, 6.45) is -3.55. The van der Waals surface area contributed by atoms with Crippen LogP contribution >= 0.6 is 0 Å². The molecule has 7 heteroatoms. The molecule has 0 aliphatic carbocycles. The van der Waals surface area contributed by atoms with Crippen molar-refractivity contribution in [1.82, 2.24) is 9.97 Å². The van der Waals surface area contributed by atoms with Crippen molar-refractivity contribution in [3.05, 3.63) is 27.9 Å². The van der Waals surface area contributed by atoms with E-state index in [1.54, 1.807) is 0 Å². The van der Waals surface area contributed by atoms with Crippen molar-refractivity contribution in [2.24, 2.45) is 5.73 Å². The maximum atomic E-state index is 12.4. The fraction of sp³-hybridized carbons (Fsp3) is 0.500. The van der Waals surface area contributed by atoms with Crippen LogP contribution < -0.4 is 11.3 Å². The van der Waals surface area contributed by atoms with Gasteiger partial charge in [0.2, 0.25) is 0 Å². The first-order valence-electron chi connectivity index (χ1n) is 4.30. The Morgan fingerprint density at radius 1 is 1.47 bits per heavy atom. The van der Waals surface area contributed by atoms with Gasteiger partial charge in [-0.25, -0.2) is 4.98 Å². The largest absolute Gasteiger partial charge is 0.433 e. The van der Waals surface area contributed by atoms with Gasteiger partial charge in [-0.1, -0.05) is 0 Å². The zero-order valence-electron chi connectivity index (χ0n) is 7.77. The lowest BCUT2D eigenvalue weighted by Gasteiger charge is -2.09. The number of H-pyrrole nitrogens is 1. The Morgan fingerprint density at radius 2 is 2.13 bits per heavy atom. The lowest BCUT2D eigenvalue weighted by atomic mass is 10.1. The van der Waals surface area contributed by atoms with Gasteiger partial charge in [0.25, 0.3) is 5.56 Å². The van der Waals surface area contributed by atoms with E-state index in [-0.39, 0.29) is 18.5 Å². The van der Waals surface area contributed by atoms with Crippen LogP contribution in [0.5, 0.6) is 0 Å². The molecule has 15 heavy (non-hydrogen) atoms. The molecule has 1 rings (SSSR count). The number of nitrogens with zero attached hydrogens (tertiary/aromatic N) is 1. The molecule has 0 aliphatic heterocycles. The molecule has 0 radical (unpaired) electrons. The molecule has 4 nitrogen and oxygen atoms in total. The second-order valence-electron chi connectivity index (χ2n) is 2.95. The minimum Gasteiger partial charge on any atom is -0.330 e. The number of hydrogen-bond donors (Lipinski definition) is 2. The van der Waals surface area contributed by atoms with Gasteiger partial charge in [0.1, 0.15) is 0 Å². The van der Waals surface area contributed by atoms with Crippen molar-refractivity contribution >= 4 is 0 Å². The summed E-state index contributed by atoms with van der Waals surface area (Å²) in [6.45, 7) is 0.228. The fourth-order valence-electron chi connectivity index (χ4n) is 1.18. The molecule has 0 saturated carbocycles. The smallest absolute Gasteiger partial charge is 0.330 e. The average Bonchev–Trinajstić information content (AvgIpc) is 2.14. The molecular formula is C8H10F3N3O. The SMILES string of the molecule is NCCCc1c(C(F)(F)F)nc[nH]c1=O. The predicted octanol–water partition coefficient (Wildman–Crippen LogP) is 0.680. The maximum absolute atomic E-state index is 12.4. The zero-order valence-corrected chi connectivity index (χ0v) is 7.77. The molecule has 84 valence electrons. The Morgan fingerprint density at radius 3 is 2.67 bits per heavy atom. The van der Waals surface area contributed by atoms with Crippen molar-refractivity contribution < 1.29 is 13.2 Å². The number of rotatable bonds is 3. The summed E-state index contributed by atoms with van der Waals surface area (Å²) in [5, 5.41) is 0. The van der Waals surface area contributed by atoms with Gasteiger partial charge in [0.05, 0.1) is 6.33 Å². The molecule has 0 amide bonds. The number of aromatic nitrogens is 2. The van der Waals surface area contributed by atoms with Gasteiger partial charge in [-0.3, -0.25) is 4.79 Å². The lowest BCUT2D eigenvalue weighted by Crippen LogP contribution is -2.23.